The van der Waals surface area contributed by atoms with Gasteiger partial charge in [0, 0.05) is 29.4 Å². The summed E-state index contributed by atoms with van der Waals surface area (Å²) in [5, 5.41) is 0. The zero-order chi connectivity index (χ0) is 21.1. The lowest BCUT2D eigenvalue weighted by Crippen LogP contribution is -2.45. The van der Waals surface area contributed by atoms with Crippen molar-refractivity contribution in [2.75, 3.05) is 7.11 Å². The van der Waals surface area contributed by atoms with Gasteiger partial charge in [-0.05, 0) is 51.0 Å². The van der Waals surface area contributed by atoms with Crippen molar-refractivity contribution in [2.45, 2.75) is 64.6 Å². The lowest BCUT2D eigenvalue weighted by atomic mass is 9.92. The fourth-order valence-electron chi connectivity index (χ4n) is 4.57. The second kappa shape index (κ2) is 8.86. The standard InChI is InChI=1S/C24H30N4O2/c1-17(2)28(20-8-5-4-6-9-20)24(29)18-11-12-19(22(14-18)30-3)15-27-13-7-10-21-23(27)26-16-25-21/h7,10-14,16-17,20H,4-6,8-9,15H2,1-3H3. The molecule has 0 radical (unpaired) electrons. The number of methoxy groups -OCH3 is 1. The first kappa shape index (κ1) is 20.4. The monoisotopic (exact) mass is 406 g/mol. The van der Waals surface area contributed by atoms with Crippen LogP contribution in [0.3, 0.4) is 0 Å². The van der Waals surface area contributed by atoms with E-state index in [4.69, 9.17) is 4.74 Å². The van der Waals surface area contributed by atoms with Crippen molar-refractivity contribution >= 4 is 5.91 Å². The molecule has 0 atom stereocenters. The number of hydrogen-bond acceptors (Lipinski definition) is 4. The first-order valence-corrected chi connectivity index (χ1v) is 10.8. The molecular formula is C24H30N4O2. The van der Waals surface area contributed by atoms with Gasteiger partial charge in [-0.1, -0.05) is 25.3 Å². The van der Waals surface area contributed by atoms with Crippen molar-refractivity contribution in [3.63, 3.8) is 0 Å². The van der Waals surface area contributed by atoms with E-state index in [1.54, 1.807) is 13.4 Å². The molecule has 0 saturated heterocycles. The molecule has 0 N–H and O–H groups in total. The Morgan fingerprint density at radius 1 is 1.20 bits per heavy atom. The number of hydrogen-bond donors (Lipinski definition) is 0. The van der Waals surface area contributed by atoms with Crippen LogP contribution in [-0.2, 0) is 6.54 Å². The maximum absolute atomic E-state index is 13.4. The van der Waals surface area contributed by atoms with Gasteiger partial charge in [0.05, 0.1) is 13.7 Å². The van der Waals surface area contributed by atoms with Gasteiger partial charge in [0.15, 0.2) is 5.82 Å². The largest absolute Gasteiger partial charge is 0.496 e. The average Bonchev–Trinajstić information content (AvgIpc) is 3.24. The van der Waals surface area contributed by atoms with Crippen molar-refractivity contribution < 1.29 is 9.53 Å². The molecule has 1 aliphatic carbocycles. The van der Waals surface area contributed by atoms with Crippen LogP contribution in [0.5, 0.6) is 5.75 Å². The Morgan fingerprint density at radius 3 is 2.73 bits per heavy atom. The van der Waals surface area contributed by atoms with Crippen LogP contribution in [-0.4, -0.2) is 44.5 Å². The van der Waals surface area contributed by atoms with E-state index in [9.17, 15) is 4.79 Å². The average molecular weight is 407 g/mol. The number of rotatable bonds is 6. The van der Waals surface area contributed by atoms with Crippen LogP contribution >= 0.6 is 0 Å². The van der Waals surface area contributed by atoms with Crippen LogP contribution in [0.4, 0.5) is 0 Å². The smallest absolute Gasteiger partial charge is 0.254 e. The number of imidazole rings is 1. The summed E-state index contributed by atoms with van der Waals surface area (Å²) < 4.78 is 7.71. The topological polar surface area (TPSA) is 60.2 Å². The lowest BCUT2D eigenvalue weighted by molar-refractivity contribution is 0.0555. The molecule has 1 saturated carbocycles. The van der Waals surface area contributed by atoms with E-state index in [1.165, 1.54) is 19.3 Å². The summed E-state index contributed by atoms with van der Waals surface area (Å²) in [5.74, 6) is 1.65. The van der Waals surface area contributed by atoms with Gasteiger partial charge in [-0.15, -0.1) is 0 Å². The number of carbonyl (C=O) groups is 1. The van der Waals surface area contributed by atoms with Crippen molar-refractivity contribution in [2.24, 2.45) is 0 Å². The Labute approximate surface area is 178 Å². The molecule has 6 heteroatoms. The number of fused-ring (bicyclic) bond motifs is 1. The van der Waals surface area contributed by atoms with Crippen molar-refractivity contribution in [3.05, 3.63) is 54.0 Å². The van der Waals surface area contributed by atoms with E-state index in [-0.39, 0.29) is 11.9 Å². The third-order valence-corrected chi connectivity index (χ3v) is 6.03. The minimum absolute atomic E-state index is 0.0957. The fourth-order valence-corrected chi connectivity index (χ4v) is 4.57. The van der Waals surface area contributed by atoms with E-state index < -0.39 is 0 Å². The summed E-state index contributed by atoms with van der Waals surface area (Å²) in [7, 11) is 1.65. The third kappa shape index (κ3) is 4.04. The summed E-state index contributed by atoms with van der Waals surface area (Å²) in [6.45, 7) is 4.82. The summed E-state index contributed by atoms with van der Waals surface area (Å²) >= 11 is 0. The Bertz CT molecular complexity index is 975. The zero-order valence-corrected chi connectivity index (χ0v) is 18.0. The maximum atomic E-state index is 13.4. The molecular weight excluding hydrogens is 376 g/mol. The summed E-state index contributed by atoms with van der Waals surface area (Å²) in [4.78, 5) is 24.1. The molecule has 2 heterocycles. The molecule has 2 aliphatic heterocycles. The Kier molecular flexibility index (Phi) is 6.02. The summed E-state index contributed by atoms with van der Waals surface area (Å²) in [6, 6.07) is 10.2. The number of pyridine rings is 1. The Balaban J connectivity index is 1.60. The summed E-state index contributed by atoms with van der Waals surface area (Å²) in [5.41, 5.74) is 2.55. The quantitative estimate of drug-likeness (QED) is 0.599. The Morgan fingerprint density at radius 2 is 2.00 bits per heavy atom. The fraction of sp³-hybridized carbons (Fsp3) is 0.458. The molecule has 1 fully saturated rings. The van der Waals surface area contributed by atoms with E-state index in [1.807, 2.05) is 41.1 Å². The van der Waals surface area contributed by atoms with Crippen molar-refractivity contribution in [1.82, 2.24) is 19.4 Å². The number of amides is 1. The van der Waals surface area contributed by atoms with Crippen LogP contribution < -0.4 is 4.74 Å². The highest BCUT2D eigenvalue weighted by Gasteiger charge is 2.28. The van der Waals surface area contributed by atoms with Gasteiger partial charge in [0.25, 0.3) is 5.91 Å². The molecule has 1 aromatic carbocycles. The Hall–Kier alpha value is -2.89. The molecule has 0 spiro atoms. The molecule has 158 valence electrons. The molecule has 0 bridgehead atoms. The van der Waals surface area contributed by atoms with Gasteiger partial charge in [-0.25, -0.2) is 9.97 Å². The van der Waals surface area contributed by atoms with Crippen molar-refractivity contribution in [1.29, 1.82) is 0 Å². The molecule has 3 aliphatic rings. The molecule has 6 nitrogen and oxygen atoms in total. The number of nitrogens with zero attached hydrogens (tertiary/aromatic N) is 4. The lowest BCUT2D eigenvalue weighted by Gasteiger charge is -2.37. The SMILES string of the molecule is COc1cc(C(=O)N(C(C)C)C2CCCCC2)ccc1Cn1cccc2ncnc1-2. The molecule has 4 rings (SSSR count). The van der Waals surface area contributed by atoms with Crippen molar-refractivity contribution in [3.8, 4) is 17.3 Å². The van der Waals surface area contributed by atoms with Crippen LogP contribution in [0.25, 0.3) is 11.5 Å². The second-order valence-electron chi connectivity index (χ2n) is 8.34. The highest BCUT2D eigenvalue weighted by molar-refractivity contribution is 5.95. The molecule has 1 aromatic rings. The van der Waals surface area contributed by atoms with Gasteiger partial charge in [0.2, 0.25) is 0 Å². The van der Waals surface area contributed by atoms with Gasteiger partial charge in [0.1, 0.15) is 17.8 Å². The molecule has 0 unspecified atom stereocenters. The minimum atomic E-state index is 0.0957. The normalized spacial score (nSPS) is 14.9. The van der Waals surface area contributed by atoms with Gasteiger partial charge in [-0.2, -0.15) is 0 Å². The van der Waals surface area contributed by atoms with Crippen LogP contribution in [0, 0.1) is 0 Å². The second-order valence-corrected chi connectivity index (χ2v) is 8.34. The van der Waals surface area contributed by atoms with E-state index in [0.29, 0.717) is 18.2 Å². The predicted molar refractivity (Wildman–Crippen MR) is 117 cm³/mol. The third-order valence-electron chi connectivity index (χ3n) is 6.03. The van der Waals surface area contributed by atoms with Crippen LogP contribution in [0.1, 0.15) is 61.9 Å². The van der Waals surface area contributed by atoms with Gasteiger partial charge < -0.3 is 14.2 Å². The van der Waals surface area contributed by atoms with Crippen LogP contribution in [0.2, 0.25) is 0 Å². The molecule has 1 amide bonds. The van der Waals surface area contributed by atoms with Crippen LogP contribution in [0.15, 0.2) is 42.9 Å². The maximum Gasteiger partial charge on any atom is 0.254 e. The number of carbonyl (C=O) groups excluding carboxylic acids is 1. The number of ether oxygens (including phenoxy) is 1. The number of benzene rings is 1. The first-order valence-electron chi connectivity index (χ1n) is 10.8. The summed E-state index contributed by atoms with van der Waals surface area (Å²) in [6.07, 6.45) is 9.44. The number of aromatic nitrogens is 3. The zero-order valence-electron chi connectivity index (χ0n) is 18.0. The van der Waals surface area contributed by atoms with E-state index in [2.05, 4.69) is 28.7 Å². The van der Waals surface area contributed by atoms with Gasteiger partial charge >= 0.3 is 0 Å². The van der Waals surface area contributed by atoms with Gasteiger partial charge in [-0.3, -0.25) is 4.79 Å². The predicted octanol–water partition coefficient (Wildman–Crippen LogP) is 4.62. The molecule has 0 aromatic heterocycles. The van der Waals surface area contributed by atoms with E-state index >= 15 is 0 Å². The first-order chi connectivity index (χ1) is 14.6. The molecule has 30 heavy (non-hydrogen) atoms. The minimum Gasteiger partial charge on any atom is -0.496 e. The van der Waals surface area contributed by atoms with E-state index in [0.717, 1.165) is 35.7 Å². The highest BCUT2D eigenvalue weighted by atomic mass is 16.5. The highest BCUT2D eigenvalue weighted by Crippen LogP contribution is 2.28.